The predicted molar refractivity (Wildman–Crippen MR) is 95.6 cm³/mol. The largest absolute Gasteiger partial charge is 0.319 e. The third-order valence-electron chi connectivity index (χ3n) is 3.78. The maximum absolute atomic E-state index is 12.5. The number of aryl methyl sites for hydroxylation is 1. The van der Waals surface area contributed by atoms with Crippen molar-refractivity contribution in [2.75, 3.05) is 5.32 Å². The second-order valence-electron chi connectivity index (χ2n) is 7.19. The van der Waals surface area contributed by atoms with E-state index in [0.29, 0.717) is 17.9 Å². The molecule has 2 rings (SSSR count). The molecular weight excluding hydrogens is 304 g/mol. The van der Waals surface area contributed by atoms with Crippen LogP contribution in [0.5, 0.6) is 0 Å². The molecular formula is C18H26N4O2. The molecule has 2 aromatic rings. The summed E-state index contributed by atoms with van der Waals surface area (Å²) in [6.45, 7) is 12.8. The first-order valence-electron chi connectivity index (χ1n) is 8.25. The fraction of sp³-hybridized carbons (Fsp3) is 0.500. The molecule has 0 atom stereocenters. The van der Waals surface area contributed by atoms with Crippen LogP contribution in [0.25, 0.3) is 0 Å². The van der Waals surface area contributed by atoms with E-state index >= 15 is 0 Å². The Hall–Kier alpha value is -2.37. The Bertz CT molecular complexity index is 794. The lowest BCUT2D eigenvalue weighted by atomic mass is 10.1. The fourth-order valence-electron chi connectivity index (χ4n) is 2.50. The van der Waals surface area contributed by atoms with Crippen LogP contribution in [0, 0.1) is 0 Å². The third-order valence-corrected chi connectivity index (χ3v) is 3.78. The van der Waals surface area contributed by atoms with E-state index in [0.717, 1.165) is 5.69 Å². The van der Waals surface area contributed by atoms with Gasteiger partial charge in [-0.1, -0.05) is 13.8 Å². The Morgan fingerprint density at radius 3 is 2.46 bits per heavy atom. The number of carbonyl (C=O) groups is 1. The van der Waals surface area contributed by atoms with E-state index in [9.17, 15) is 9.59 Å². The zero-order valence-electron chi connectivity index (χ0n) is 15.3. The summed E-state index contributed by atoms with van der Waals surface area (Å²) < 4.78 is 3.45. The first kappa shape index (κ1) is 18.0. The van der Waals surface area contributed by atoms with Gasteiger partial charge >= 0.3 is 0 Å². The van der Waals surface area contributed by atoms with Gasteiger partial charge in [-0.25, -0.2) is 0 Å². The van der Waals surface area contributed by atoms with Crippen LogP contribution in [0.2, 0.25) is 0 Å². The molecule has 0 aliphatic heterocycles. The lowest BCUT2D eigenvalue weighted by molar-refractivity contribution is 0.102. The van der Waals surface area contributed by atoms with Crippen molar-refractivity contribution < 1.29 is 4.79 Å². The van der Waals surface area contributed by atoms with E-state index < -0.39 is 0 Å². The van der Waals surface area contributed by atoms with Crippen LogP contribution in [0.4, 0.5) is 5.69 Å². The Labute approximate surface area is 142 Å². The zero-order chi connectivity index (χ0) is 18.1. The molecule has 130 valence electrons. The van der Waals surface area contributed by atoms with Crippen molar-refractivity contribution >= 4 is 11.6 Å². The van der Waals surface area contributed by atoms with Crippen LogP contribution in [0.1, 0.15) is 63.6 Å². The van der Waals surface area contributed by atoms with Gasteiger partial charge in [-0.15, -0.1) is 0 Å². The summed E-state index contributed by atoms with van der Waals surface area (Å²) in [7, 11) is 0. The molecule has 2 heterocycles. The molecule has 0 bridgehead atoms. The number of nitrogens with one attached hydrogen (secondary N) is 1. The number of pyridine rings is 1. The Balaban J connectivity index is 2.32. The SMILES string of the molecule is CCn1cc(NC(=O)c2cc(C(C)C)n(C(C)(C)C)n2)ccc1=O. The Morgan fingerprint density at radius 1 is 1.29 bits per heavy atom. The quantitative estimate of drug-likeness (QED) is 0.936. The number of carbonyl (C=O) groups excluding carboxylic acids is 1. The van der Waals surface area contributed by atoms with Crippen molar-refractivity contribution in [3.63, 3.8) is 0 Å². The highest BCUT2D eigenvalue weighted by Gasteiger charge is 2.23. The van der Waals surface area contributed by atoms with E-state index in [4.69, 9.17) is 0 Å². The highest BCUT2D eigenvalue weighted by molar-refractivity contribution is 6.02. The maximum Gasteiger partial charge on any atom is 0.276 e. The molecule has 0 aromatic carbocycles. The lowest BCUT2D eigenvalue weighted by Crippen LogP contribution is -2.26. The van der Waals surface area contributed by atoms with E-state index in [1.165, 1.54) is 6.07 Å². The van der Waals surface area contributed by atoms with Crippen LogP contribution in [-0.4, -0.2) is 20.3 Å². The first-order valence-corrected chi connectivity index (χ1v) is 8.25. The van der Waals surface area contributed by atoms with E-state index in [-0.39, 0.29) is 22.9 Å². The summed E-state index contributed by atoms with van der Waals surface area (Å²) in [6.07, 6.45) is 1.64. The topological polar surface area (TPSA) is 68.9 Å². The second kappa shape index (κ2) is 6.63. The van der Waals surface area contributed by atoms with E-state index in [2.05, 4.69) is 45.0 Å². The molecule has 0 spiro atoms. The van der Waals surface area contributed by atoms with E-state index in [1.54, 1.807) is 16.8 Å². The van der Waals surface area contributed by atoms with Crippen LogP contribution in [-0.2, 0) is 12.1 Å². The van der Waals surface area contributed by atoms with Gasteiger partial charge in [-0.3, -0.25) is 14.3 Å². The van der Waals surface area contributed by atoms with E-state index in [1.807, 2.05) is 17.7 Å². The number of nitrogens with zero attached hydrogens (tertiary/aromatic N) is 3. The monoisotopic (exact) mass is 330 g/mol. The van der Waals surface area contributed by atoms with Gasteiger partial charge in [-0.05, 0) is 45.7 Å². The fourth-order valence-corrected chi connectivity index (χ4v) is 2.50. The Morgan fingerprint density at radius 2 is 1.96 bits per heavy atom. The molecule has 0 saturated carbocycles. The summed E-state index contributed by atoms with van der Waals surface area (Å²) >= 11 is 0. The van der Waals surface area contributed by atoms with Gasteiger partial charge in [0.05, 0.1) is 11.2 Å². The molecule has 6 heteroatoms. The molecule has 0 aliphatic rings. The average molecular weight is 330 g/mol. The minimum atomic E-state index is -0.277. The minimum absolute atomic E-state index is 0.0883. The molecule has 0 radical (unpaired) electrons. The van der Waals surface area contributed by atoms with Crippen molar-refractivity contribution in [3.05, 3.63) is 46.1 Å². The van der Waals surface area contributed by atoms with Gasteiger partial charge in [0, 0.05) is 24.5 Å². The molecule has 0 unspecified atom stereocenters. The molecule has 0 aliphatic carbocycles. The zero-order valence-corrected chi connectivity index (χ0v) is 15.3. The Kier molecular flexibility index (Phi) is 4.96. The number of amides is 1. The van der Waals surface area contributed by atoms with Crippen LogP contribution < -0.4 is 10.9 Å². The highest BCUT2D eigenvalue weighted by atomic mass is 16.2. The predicted octanol–water partition coefficient (Wildman–Crippen LogP) is 3.20. The minimum Gasteiger partial charge on any atom is -0.319 e. The van der Waals surface area contributed by atoms with Gasteiger partial charge in [0.15, 0.2) is 5.69 Å². The number of anilines is 1. The summed E-state index contributed by atoms with van der Waals surface area (Å²) in [5.74, 6) is -0.0125. The summed E-state index contributed by atoms with van der Waals surface area (Å²) in [4.78, 5) is 24.2. The molecule has 1 amide bonds. The summed E-state index contributed by atoms with van der Waals surface area (Å²) in [5.41, 5.74) is 1.69. The standard InChI is InChI=1S/C18H26N4O2/c1-7-21-11-13(8-9-16(21)23)19-17(24)14-10-15(12(2)3)22(20-14)18(4,5)6/h8-12H,7H2,1-6H3,(H,19,24). The van der Waals surface area contributed by atoms with Crippen molar-refractivity contribution in [2.45, 2.75) is 59.5 Å². The van der Waals surface area contributed by atoms with Gasteiger partial charge in [-0.2, -0.15) is 5.10 Å². The van der Waals surface area contributed by atoms with Crippen molar-refractivity contribution in [2.24, 2.45) is 0 Å². The maximum atomic E-state index is 12.5. The van der Waals surface area contributed by atoms with Crippen molar-refractivity contribution in [1.82, 2.24) is 14.3 Å². The molecule has 24 heavy (non-hydrogen) atoms. The normalized spacial score (nSPS) is 11.8. The molecule has 6 nitrogen and oxygen atoms in total. The summed E-state index contributed by atoms with van der Waals surface area (Å²) in [5, 5.41) is 7.31. The molecule has 1 N–H and O–H groups in total. The smallest absolute Gasteiger partial charge is 0.276 e. The van der Waals surface area contributed by atoms with Crippen LogP contribution in [0.15, 0.2) is 29.2 Å². The number of hydrogen-bond acceptors (Lipinski definition) is 3. The first-order chi connectivity index (χ1) is 11.1. The molecule has 0 fully saturated rings. The van der Waals surface area contributed by atoms with Crippen LogP contribution in [0.3, 0.4) is 0 Å². The van der Waals surface area contributed by atoms with Gasteiger partial charge in [0.25, 0.3) is 11.5 Å². The van der Waals surface area contributed by atoms with Gasteiger partial charge < -0.3 is 9.88 Å². The summed E-state index contributed by atoms with van der Waals surface area (Å²) in [6, 6.07) is 4.89. The lowest BCUT2D eigenvalue weighted by Gasteiger charge is -2.23. The average Bonchev–Trinajstić information content (AvgIpc) is 2.95. The number of hydrogen-bond donors (Lipinski definition) is 1. The van der Waals surface area contributed by atoms with Gasteiger partial charge in [0.2, 0.25) is 0 Å². The number of rotatable bonds is 4. The third kappa shape index (κ3) is 3.75. The number of aromatic nitrogens is 3. The second-order valence-corrected chi connectivity index (χ2v) is 7.19. The van der Waals surface area contributed by atoms with Crippen LogP contribution >= 0.6 is 0 Å². The molecule has 0 saturated heterocycles. The molecule has 2 aromatic heterocycles. The van der Waals surface area contributed by atoms with Gasteiger partial charge in [0.1, 0.15) is 0 Å². The highest BCUT2D eigenvalue weighted by Crippen LogP contribution is 2.23. The van der Waals surface area contributed by atoms with Crippen molar-refractivity contribution in [1.29, 1.82) is 0 Å². The van der Waals surface area contributed by atoms with Crippen molar-refractivity contribution in [3.8, 4) is 0 Å².